The van der Waals surface area contributed by atoms with Crippen molar-refractivity contribution >= 4 is 15.8 Å². The maximum absolute atomic E-state index is 11.4. The van der Waals surface area contributed by atoms with Crippen molar-refractivity contribution in [3.8, 4) is 0 Å². The Morgan fingerprint density at radius 1 is 1.14 bits per heavy atom. The topological polar surface area (TPSA) is 91.0 Å². The monoisotopic (exact) mass is 419 g/mol. The minimum atomic E-state index is -3.02. The molecule has 0 radical (unpaired) electrons. The van der Waals surface area contributed by atoms with Gasteiger partial charge in [-0.15, -0.1) is 0 Å². The molecule has 1 N–H and O–H groups in total. The van der Waals surface area contributed by atoms with Crippen molar-refractivity contribution < 1.29 is 12.9 Å². The molecule has 8 nitrogen and oxygen atoms in total. The molecule has 9 heteroatoms. The van der Waals surface area contributed by atoms with E-state index in [4.69, 9.17) is 9.52 Å². The molecule has 1 saturated heterocycles. The first kappa shape index (κ1) is 21.3. The number of nitrogens with zero attached hydrogens (tertiary/aromatic N) is 4. The molecule has 0 saturated carbocycles. The Kier molecular flexibility index (Phi) is 7.27. The highest BCUT2D eigenvalue weighted by Crippen LogP contribution is 2.11. The Morgan fingerprint density at radius 3 is 2.41 bits per heavy atom. The summed E-state index contributed by atoms with van der Waals surface area (Å²) in [6.45, 7) is 7.92. The quantitative estimate of drug-likeness (QED) is 0.537. The third-order valence-electron chi connectivity index (χ3n) is 4.75. The van der Waals surface area contributed by atoms with Crippen LogP contribution in [0.2, 0.25) is 0 Å². The van der Waals surface area contributed by atoms with Gasteiger partial charge >= 0.3 is 0 Å². The molecular weight excluding hydrogens is 390 g/mol. The van der Waals surface area contributed by atoms with Crippen LogP contribution in [0.5, 0.6) is 0 Å². The number of piperazine rings is 1. The van der Waals surface area contributed by atoms with Crippen LogP contribution in [0.1, 0.15) is 23.7 Å². The van der Waals surface area contributed by atoms with Gasteiger partial charge < -0.3 is 14.7 Å². The Hall–Kier alpha value is -2.39. The Morgan fingerprint density at radius 2 is 1.83 bits per heavy atom. The molecule has 0 amide bonds. The van der Waals surface area contributed by atoms with Gasteiger partial charge in [-0.3, -0.25) is 4.90 Å². The van der Waals surface area contributed by atoms with Crippen molar-refractivity contribution in [3.05, 3.63) is 53.4 Å². The van der Waals surface area contributed by atoms with Gasteiger partial charge in [0, 0.05) is 51.6 Å². The second kappa shape index (κ2) is 9.89. The fourth-order valence-corrected chi connectivity index (χ4v) is 4.10. The van der Waals surface area contributed by atoms with Gasteiger partial charge in [0.15, 0.2) is 15.8 Å². The summed E-state index contributed by atoms with van der Waals surface area (Å²) in [7, 11) is -3.02. The average molecular weight is 420 g/mol. The second-order valence-electron chi connectivity index (χ2n) is 7.31. The number of aromatic nitrogens is 1. The van der Waals surface area contributed by atoms with Crippen LogP contribution in [0, 0.1) is 0 Å². The van der Waals surface area contributed by atoms with E-state index in [-0.39, 0.29) is 5.75 Å². The number of hydrogen-bond acceptors (Lipinski definition) is 6. The molecule has 3 rings (SSSR count). The first-order valence-electron chi connectivity index (χ1n) is 9.83. The summed E-state index contributed by atoms with van der Waals surface area (Å²) in [5, 5.41) is 7.36. The molecule has 0 unspecified atom stereocenters. The minimum Gasteiger partial charge on any atom is -0.364 e. The molecule has 1 fully saturated rings. The van der Waals surface area contributed by atoms with Crippen LogP contribution in [-0.4, -0.2) is 68.3 Å². The standard InChI is InChI=1S/C20H29N5O3S/c1-3-21-20(22-14-17-4-6-18(7-5-17)16-29(2,26)27)25-11-9-24(10-12-25)15-19-8-13-28-23-19/h4-8,13H,3,9-12,14-16H2,1-2H3,(H,21,22). The summed E-state index contributed by atoms with van der Waals surface area (Å²) in [6.07, 6.45) is 2.86. The third kappa shape index (κ3) is 6.86. The lowest BCUT2D eigenvalue weighted by atomic mass is 10.1. The lowest BCUT2D eigenvalue weighted by molar-refractivity contribution is 0.169. The third-order valence-corrected chi connectivity index (χ3v) is 5.60. The molecule has 2 heterocycles. The number of nitrogens with one attached hydrogen (secondary N) is 1. The second-order valence-corrected chi connectivity index (χ2v) is 9.45. The summed E-state index contributed by atoms with van der Waals surface area (Å²) in [6, 6.07) is 9.52. The fourth-order valence-electron chi connectivity index (χ4n) is 3.30. The van der Waals surface area contributed by atoms with E-state index in [0.717, 1.165) is 62.0 Å². The molecule has 158 valence electrons. The van der Waals surface area contributed by atoms with E-state index in [1.807, 2.05) is 30.3 Å². The maximum atomic E-state index is 11.4. The Balaban J connectivity index is 1.56. The largest absolute Gasteiger partial charge is 0.364 e. The average Bonchev–Trinajstić information content (AvgIpc) is 3.19. The highest BCUT2D eigenvalue weighted by Gasteiger charge is 2.20. The van der Waals surface area contributed by atoms with Gasteiger partial charge in [-0.25, -0.2) is 13.4 Å². The van der Waals surface area contributed by atoms with Crippen LogP contribution in [-0.2, 0) is 28.7 Å². The zero-order valence-electron chi connectivity index (χ0n) is 17.0. The van der Waals surface area contributed by atoms with Crippen molar-refractivity contribution in [1.29, 1.82) is 0 Å². The molecule has 0 atom stereocenters. The van der Waals surface area contributed by atoms with Gasteiger partial charge in [-0.05, 0) is 18.1 Å². The van der Waals surface area contributed by atoms with E-state index >= 15 is 0 Å². The summed E-state index contributed by atoms with van der Waals surface area (Å²) in [5.41, 5.74) is 2.82. The summed E-state index contributed by atoms with van der Waals surface area (Å²) < 4.78 is 27.7. The first-order chi connectivity index (χ1) is 13.9. The molecule has 1 aromatic carbocycles. The van der Waals surface area contributed by atoms with Gasteiger partial charge in [0.2, 0.25) is 0 Å². The SMILES string of the molecule is CCNC(=NCc1ccc(CS(C)(=O)=O)cc1)N1CCN(Cc2ccon2)CC1. The smallest absolute Gasteiger partial charge is 0.194 e. The molecule has 1 aliphatic heterocycles. The van der Waals surface area contributed by atoms with Crippen LogP contribution in [0.15, 0.2) is 46.1 Å². The highest BCUT2D eigenvalue weighted by molar-refractivity contribution is 7.89. The molecule has 29 heavy (non-hydrogen) atoms. The molecule has 0 aliphatic carbocycles. The predicted molar refractivity (Wildman–Crippen MR) is 113 cm³/mol. The van der Waals surface area contributed by atoms with E-state index < -0.39 is 9.84 Å². The van der Waals surface area contributed by atoms with Crippen LogP contribution < -0.4 is 5.32 Å². The van der Waals surface area contributed by atoms with Crippen molar-refractivity contribution in [3.63, 3.8) is 0 Å². The lowest BCUT2D eigenvalue weighted by Gasteiger charge is -2.36. The zero-order chi connectivity index (χ0) is 20.7. The number of aliphatic imine (C=N–C) groups is 1. The summed E-state index contributed by atoms with van der Waals surface area (Å²) in [5.74, 6) is 0.978. The molecule has 1 aromatic heterocycles. The Bertz CT molecular complexity index is 887. The van der Waals surface area contributed by atoms with E-state index in [2.05, 4.69) is 27.2 Å². The number of hydrogen-bond donors (Lipinski definition) is 1. The van der Waals surface area contributed by atoms with Crippen LogP contribution in [0.25, 0.3) is 0 Å². The van der Waals surface area contributed by atoms with Crippen molar-refractivity contribution in [2.75, 3.05) is 39.0 Å². The lowest BCUT2D eigenvalue weighted by Crippen LogP contribution is -2.52. The molecule has 0 spiro atoms. The van der Waals surface area contributed by atoms with E-state index in [1.54, 1.807) is 6.26 Å². The van der Waals surface area contributed by atoms with Gasteiger partial charge in [0.1, 0.15) is 6.26 Å². The molecule has 1 aliphatic rings. The first-order valence-corrected chi connectivity index (χ1v) is 11.9. The Labute approximate surface area is 172 Å². The summed E-state index contributed by atoms with van der Waals surface area (Å²) >= 11 is 0. The fraction of sp³-hybridized carbons (Fsp3) is 0.500. The van der Waals surface area contributed by atoms with Crippen molar-refractivity contribution in [2.24, 2.45) is 4.99 Å². The number of guanidine groups is 1. The summed E-state index contributed by atoms with van der Waals surface area (Å²) in [4.78, 5) is 9.42. The number of benzene rings is 1. The van der Waals surface area contributed by atoms with Gasteiger partial charge in [-0.2, -0.15) is 0 Å². The van der Waals surface area contributed by atoms with E-state index in [9.17, 15) is 8.42 Å². The van der Waals surface area contributed by atoms with Crippen LogP contribution in [0.4, 0.5) is 0 Å². The molecule has 2 aromatic rings. The van der Waals surface area contributed by atoms with Gasteiger partial charge in [0.05, 0.1) is 18.0 Å². The van der Waals surface area contributed by atoms with Crippen LogP contribution in [0.3, 0.4) is 0 Å². The molecular formula is C20H29N5O3S. The highest BCUT2D eigenvalue weighted by atomic mass is 32.2. The number of sulfone groups is 1. The van der Waals surface area contributed by atoms with E-state index in [0.29, 0.717) is 6.54 Å². The van der Waals surface area contributed by atoms with Crippen LogP contribution >= 0.6 is 0 Å². The van der Waals surface area contributed by atoms with E-state index in [1.165, 1.54) is 6.26 Å². The zero-order valence-corrected chi connectivity index (χ0v) is 17.9. The molecule has 0 bridgehead atoms. The normalized spacial score (nSPS) is 16.2. The van der Waals surface area contributed by atoms with Crippen molar-refractivity contribution in [1.82, 2.24) is 20.3 Å². The maximum Gasteiger partial charge on any atom is 0.194 e. The van der Waals surface area contributed by atoms with Crippen molar-refractivity contribution in [2.45, 2.75) is 25.8 Å². The van der Waals surface area contributed by atoms with Gasteiger partial charge in [-0.1, -0.05) is 29.4 Å². The minimum absolute atomic E-state index is 0.0673. The van der Waals surface area contributed by atoms with Gasteiger partial charge in [0.25, 0.3) is 0 Å². The predicted octanol–water partition coefficient (Wildman–Crippen LogP) is 1.50. The number of rotatable bonds is 7.